The molecule has 2 aromatic rings. The highest BCUT2D eigenvalue weighted by Gasteiger charge is 2.19. The highest BCUT2D eigenvalue weighted by atomic mass is 79.9. The molecule has 104 valence electrons. The van der Waals surface area contributed by atoms with Crippen LogP contribution in [0.15, 0.2) is 28.9 Å². The van der Waals surface area contributed by atoms with Crippen LogP contribution >= 0.6 is 15.9 Å². The lowest BCUT2D eigenvalue weighted by Gasteiger charge is -2.07. The predicted molar refractivity (Wildman–Crippen MR) is 76.2 cm³/mol. The molecule has 4 N–H and O–H groups in total. The first-order valence-corrected chi connectivity index (χ1v) is 6.40. The zero-order valence-electron chi connectivity index (χ0n) is 10.4. The van der Waals surface area contributed by atoms with E-state index >= 15 is 0 Å². The van der Waals surface area contributed by atoms with Crippen molar-refractivity contribution in [3.05, 3.63) is 45.7 Å². The molecule has 0 atom stereocenters. The van der Waals surface area contributed by atoms with Crippen LogP contribution in [0.1, 0.15) is 26.4 Å². The quantitative estimate of drug-likeness (QED) is 0.690. The lowest BCUT2D eigenvalue weighted by Crippen LogP contribution is -2.14. The number of aromatic hydroxyl groups is 1. The molecule has 0 saturated heterocycles. The maximum atomic E-state index is 12.1. The molecular weight excluding hydrogens is 328 g/mol. The van der Waals surface area contributed by atoms with Gasteiger partial charge in [0.2, 0.25) is 0 Å². The molecule has 1 heterocycles. The van der Waals surface area contributed by atoms with Crippen LogP contribution in [0.2, 0.25) is 0 Å². The fourth-order valence-electron chi connectivity index (χ4n) is 1.78. The summed E-state index contributed by atoms with van der Waals surface area (Å²) >= 11 is 3.20. The number of amides is 1. The number of halogens is 1. The molecule has 1 aromatic heterocycles. The van der Waals surface area contributed by atoms with Gasteiger partial charge in [-0.25, -0.2) is 4.79 Å². The number of phenolic OH excluding ortho intramolecular Hbond substituents is 1. The SMILES string of the molecule is Cc1[nH]cc(NC(=O)c2cc(Br)ccc2O)c1C(=O)O. The summed E-state index contributed by atoms with van der Waals surface area (Å²) in [5.74, 6) is -1.92. The molecule has 0 fully saturated rings. The van der Waals surface area contributed by atoms with Crippen molar-refractivity contribution in [2.45, 2.75) is 6.92 Å². The summed E-state index contributed by atoms with van der Waals surface area (Å²) in [7, 11) is 0. The maximum Gasteiger partial charge on any atom is 0.339 e. The third-order valence-corrected chi connectivity index (χ3v) is 3.24. The predicted octanol–water partition coefficient (Wildman–Crippen LogP) is 2.74. The summed E-state index contributed by atoms with van der Waals surface area (Å²) in [6, 6.07) is 4.42. The number of aromatic amines is 1. The van der Waals surface area contributed by atoms with E-state index < -0.39 is 11.9 Å². The number of carbonyl (C=O) groups is 2. The fraction of sp³-hybridized carbons (Fsp3) is 0.0769. The van der Waals surface area contributed by atoms with Crippen molar-refractivity contribution in [1.82, 2.24) is 4.98 Å². The third-order valence-electron chi connectivity index (χ3n) is 2.74. The number of carbonyl (C=O) groups excluding carboxylic acids is 1. The summed E-state index contributed by atoms with van der Waals surface area (Å²) in [5, 5.41) is 21.2. The molecule has 0 spiro atoms. The number of H-pyrrole nitrogens is 1. The molecule has 0 aliphatic carbocycles. The highest BCUT2D eigenvalue weighted by molar-refractivity contribution is 9.10. The van der Waals surface area contributed by atoms with Crippen molar-refractivity contribution in [3.63, 3.8) is 0 Å². The van der Waals surface area contributed by atoms with Crippen molar-refractivity contribution < 1.29 is 19.8 Å². The second-order valence-electron chi connectivity index (χ2n) is 4.12. The monoisotopic (exact) mass is 338 g/mol. The second kappa shape index (κ2) is 5.38. The van der Waals surface area contributed by atoms with Crippen molar-refractivity contribution in [2.75, 3.05) is 5.32 Å². The fourth-order valence-corrected chi connectivity index (χ4v) is 2.14. The van der Waals surface area contributed by atoms with E-state index in [0.29, 0.717) is 10.2 Å². The van der Waals surface area contributed by atoms with E-state index in [4.69, 9.17) is 5.11 Å². The van der Waals surface area contributed by atoms with Gasteiger partial charge in [-0.1, -0.05) is 15.9 Å². The molecule has 0 aliphatic heterocycles. The summed E-state index contributed by atoms with van der Waals surface area (Å²) in [5.41, 5.74) is 0.632. The summed E-state index contributed by atoms with van der Waals surface area (Å²) in [4.78, 5) is 25.9. The van der Waals surface area contributed by atoms with E-state index in [1.807, 2.05) is 0 Å². The van der Waals surface area contributed by atoms with E-state index in [1.54, 1.807) is 13.0 Å². The van der Waals surface area contributed by atoms with Gasteiger partial charge in [-0.15, -0.1) is 0 Å². The van der Waals surface area contributed by atoms with Gasteiger partial charge in [-0.3, -0.25) is 4.79 Å². The van der Waals surface area contributed by atoms with E-state index in [0.717, 1.165) is 0 Å². The minimum Gasteiger partial charge on any atom is -0.507 e. The van der Waals surface area contributed by atoms with Crippen LogP contribution in [-0.2, 0) is 0 Å². The second-order valence-corrected chi connectivity index (χ2v) is 5.04. The number of carboxylic acid groups (broad SMARTS) is 1. The van der Waals surface area contributed by atoms with Gasteiger partial charge in [0.15, 0.2) is 0 Å². The van der Waals surface area contributed by atoms with E-state index in [2.05, 4.69) is 26.2 Å². The largest absolute Gasteiger partial charge is 0.507 e. The first-order valence-electron chi connectivity index (χ1n) is 5.61. The number of aryl methyl sites for hydroxylation is 1. The van der Waals surface area contributed by atoms with Crippen LogP contribution in [0.25, 0.3) is 0 Å². The average molecular weight is 339 g/mol. The Kier molecular flexibility index (Phi) is 3.80. The normalized spacial score (nSPS) is 10.3. The Labute approximate surface area is 122 Å². The minimum absolute atomic E-state index is 0.00663. The lowest BCUT2D eigenvalue weighted by atomic mass is 10.1. The molecule has 0 aliphatic rings. The number of hydrogen-bond donors (Lipinski definition) is 4. The molecule has 1 amide bonds. The van der Waals surface area contributed by atoms with Gasteiger partial charge in [-0.05, 0) is 25.1 Å². The smallest absolute Gasteiger partial charge is 0.339 e. The van der Waals surface area contributed by atoms with Gasteiger partial charge in [-0.2, -0.15) is 0 Å². The molecule has 2 rings (SSSR count). The Morgan fingerprint density at radius 1 is 1.35 bits per heavy atom. The first-order chi connectivity index (χ1) is 9.40. The van der Waals surface area contributed by atoms with E-state index in [1.165, 1.54) is 18.3 Å². The Morgan fingerprint density at radius 3 is 2.70 bits per heavy atom. The van der Waals surface area contributed by atoms with E-state index in [9.17, 15) is 14.7 Å². The van der Waals surface area contributed by atoms with Crippen LogP contribution in [0.5, 0.6) is 5.75 Å². The van der Waals surface area contributed by atoms with Crippen LogP contribution < -0.4 is 5.32 Å². The number of rotatable bonds is 3. The Balaban J connectivity index is 2.33. The van der Waals surface area contributed by atoms with Gasteiger partial charge < -0.3 is 20.5 Å². The number of benzene rings is 1. The van der Waals surface area contributed by atoms with Crippen molar-refractivity contribution in [3.8, 4) is 5.75 Å². The number of phenols is 1. The Bertz CT molecular complexity index is 694. The first kappa shape index (κ1) is 14.1. The molecule has 1 aromatic carbocycles. The van der Waals surface area contributed by atoms with Crippen molar-refractivity contribution in [1.29, 1.82) is 0 Å². The van der Waals surface area contributed by atoms with Gasteiger partial charge in [0.05, 0.1) is 11.3 Å². The van der Waals surface area contributed by atoms with E-state index in [-0.39, 0.29) is 22.6 Å². The Hall–Kier alpha value is -2.28. The average Bonchev–Trinajstić information content (AvgIpc) is 2.73. The number of anilines is 1. The zero-order chi connectivity index (χ0) is 14.9. The highest BCUT2D eigenvalue weighted by Crippen LogP contribution is 2.25. The van der Waals surface area contributed by atoms with Crippen LogP contribution in [0, 0.1) is 6.92 Å². The summed E-state index contributed by atoms with van der Waals surface area (Å²) in [6.45, 7) is 1.59. The number of aromatic nitrogens is 1. The number of aromatic carboxylic acids is 1. The van der Waals surface area contributed by atoms with Gasteiger partial charge >= 0.3 is 5.97 Å². The molecule has 0 unspecified atom stereocenters. The molecule has 7 heteroatoms. The van der Waals surface area contributed by atoms with Gasteiger partial charge in [0.1, 0.15) is 11.3 Å². The van der Waals surface area contributed by atoms with Gasteiger partial charge in [0.25, 0.3) is 5.91 Å². The molecule has 0 bridgehead atoms. The minimum atomic E-state index is -1.14. The number of nitrogens with one attached hydrogen (secondary N) is 2. The van der Waals surface area contributed by atoms with Gasteiger partial charge in [0, 0.05) is 16.4 Å². The summed E-state index contributed by atoms with van der Waals surface area (Å²) in [6.07, 6.45) is 1.39. The molecule has 20 heavy (non-hydrogen) atoms. The summed E-state index contributed by atoms with van der Waals surface area (Å²) < 4.78 is 0.629. The Morgan fingerprint density at radius 2 is 2.05 bits per heavy atom. The van der Waals surface area contributed by atoms with Crippen molar-refractivity contribution in [2.24, 2.45) is 0 Å². The van der Waals surface area contributed by atoms with Crippen molar-refractivity contribution >= 4 is 33.5 Å². The van der Waals surface area contributed by atoms with Crippen LogP contribution in [-0.4, -0.2) is 27.1 Å². The zero-order valence-corrected chi connectivity index (χ0v) is 12.0. The maximum absolute atomic E-state index is 12.1. The van der Waals surface area contributed by atoms with Crippen LogP contribution in [0.4, 0.5) is 5.69 Å². The number of hydrogen-bond acceptors (Lipinski definition) is 3. The standard InChI is InChI=1S/C13H11BrN2O4/c1-6-11(13(19)20)9(5-15-6)16-12(18)8-4-7(14)2-3-10(8)17/h2-5,15,17H,1H3,(H,16,18)(H,19,20). The molecule has 6 nitrogen and oxygen atoms in total. The molecule has 0 radical (unpaired) electrons. The van der Waals surface area contributed by atoms with Crippen LogP contribution in [0.3, 0.4) is 0 Å². The lowest BCUT2D eigenvalue weighted by molar-refractivity contribution is 0.0697. The molecule has 0 saturated carbocycles. The number of carboxylic acids is 1. The topological polar surface area (TPSA) is 102 Å². The third kappa shape index (κ3) is 2.67. The molecular formula is C13H11BrN2O4.